The molecule has 28 heavy (non-hydrogen) atoms. The van der Waals surface area contributed by atoms with E-state index in [1.165, 1.54) is 108 Å². The molecule has 0 aliphatic heterocycles. The van der Waals surface area contributed by atoms with Crippen LogP contribution in [0.3, 0.4) is 0 Å². The summed E-state index contributed by atoms with van der Waals surface area (Å²) >= 11 is 4.85. The van der Waals surface area contributed by atoms with Crippen LogP contribution in [0, 0.1) is 0 Å². The van der Waals surface area contributed by atoms with Gasteiger partial charge in [0.15, 0.2) is 0 Å². The lowest BCUT2D eigenvalue weighted by Gasteiger charge is -2.09. The van der Waals surface area contributed by atoms with E-state index in [-0.39, 0.29) is 5.17 Å². The maximum Gasteiger partial charge on any atom is 0.259 e. The Hall–Kier alpha value is -1.09. The number of hydrogen-bond acceptors (Lipinski definition) is 2. The first-order valence-corrected chi connectivity index (χ1v) is 12.2. The lowest BCUT2D eigenvalue weighted by atomic mass is 10.0. The van der Waals surface area contributed by atoms with Crippen molar-refractivity contribution in [3.05, 3.63) is 29.8 Å². The highest BCUT2D eigenvalue weighted by Gasteiger charge is 2.04. The number of benzene rings is 1. The molecule has 3 heteroatoms. The summed E-state index contributed by atoms with van der Waals surface area (Å²) in [6.07, 6.45) is 23.4. The van der Waals surface area contributed by atoms with Crippen LogP contribution in [0.2, 0.25) is 0 Å². The Bertz CT molecular complexity index is 503. The van der Waals surface area contributed by atoms with Crippen molar-refractivity contribution in [3.63, 3.8) is 0 Å². The zero-order valence-corrected chi connectivity index (χ0v) is 19.0. The smallest absolute Gasteiger partial charge is 0.259 e. The predicted molar refractivity (Wildman–Crippen MR) is 127 cm³/mol. The quantitative estimate of drug-likeness (QED) is 0.198. The molecular weight excluding hydrogens is 362 g/mol. The Morgan fingerprint density at radius 3 is 1.61 bits per heavy atom. The van der Waals surface area contributed by atoms with Gasteiger partial charge >= 0.3 is 0 Å². The Morgan fingerprint density at radius 2 is 1.14 bits per heavy atom. The summed E-state index contributed by atoms with van der Waals surface area (Å²) < 4.78 is 5.43. The monoisotopic (exact) mass is 405 g/mol. The van der Waals surface area contributed by atoms with Gasteiger partial charge in [-0.3, -0.25) is 0 Å². The van der Waals surface area contributed by atoms with Gasteiger partial charge in [0.25, 0.3) is 5.17 Å². The average Bonchev–Trinajstić information content (AvgIpc) is 2.68. The molecule has 0 bridgehead atoms. The molecule has 1 aromatic rings. The van der Waals surface area contributed by atoms with Gasteiger partial charge in [0.05, 0.1) is 0 Å². The van der Waals surface area contributed by atoms with Gasteiger partial charge in [0.1, 0.15) is 5.75 Å². The van der Waals surface area contributed by atoms with Crippen molar-refractivity contribution in [1.29, 1.82) is 0 Å². The summed E-state index contributed by atoms with van der Waals surface area (Å²) in [7, 11) is 0. The Kier molecular flexibility index (Phi) is 16.0. The van der Waals surface area contributed by atoms with E-state index in [4.69, 9.17) is 22.7 Å². The molecule has 0 saturated heterocycles. The van der Waals surface area contributed by atoms with Crippen LogP contribution in [-0.4, -0.2) is 5.17 Å². The van der Waals surface area contributed by atoms with Crippen molar-refractivity contribution >= 4 is 17.4 Å². The SMILES string of the molecule is CCCCCCCCCCCCCCCCCCc1ccccc1OC(N)=S. The van der Waals surface area contributed by atoms with E-state index in [1.54, 1.807) is 0 Å². The predicted octanol–water partition coefficient (Wildman–Crippen LogP) is 8.11. The van der Waals surface area contributed by atoms with Gasteiger partial charge in [-0.05, 0) is 36.7 Å². The van der Waals surface area contributed by atoms with Crippen LogP contribution >= 0.6 is 12.2 Å². The second kappa shape index (κ2) is 18.0. The van der Waals surface area contributed by atoms with Crippen molar-refractivity contribution in [2.45, 2.75) is 116 Å². The van der Waals surface area contributed by atoms with Crippen LogP contribution < -0.4 is 10.5 Å². The summed E-state index contributed by atoms with van der Waals surface area (Å²) in [5, 5.41) is 0.0967. The third-order valence-corrected chi connectivity index (χ3v) is 5.57. The molecule has 0 aliphatic carbocycles. The highest BCUT2D eigenvalue weighted by molar-refractivity contribution is 7.80. The molecule has 160 valence electrons. The zero-order chi connectivity index (χ0) is 20.3. The fourth-order valence-corrected chi connectivity index (χ4v) is 3.87. The summed E-state index contributed by atoms with van der Waals surface area (Å²) in [5.41, 5.74) is 6.70. The molecule has 0 spiro atoms. The number of ether oxygens (including phenoxy) is 1. The Morgan fingerprint density at radius 1 is 0.714 bits per heavy atom. The molecule has 0 heterocycles. The van der Waals surface area contributed by atoms with Crippen molar-refractivity contribution < 1.29 is 4.74 Å². The van der Waals surface area contributed by atoms with Crippen molar-refractivity contribution in [3.8, 4) is 5.75 Å². The minimum absolute atomic E-state index is 0.0967. The summed E-state index contributed by atoms with van der Waals surface area (Å²) in [5.74, 6) is 0.816. The molecular formula is C25H43NOS. The number of aryl methyl sites for hydroxylation is 1. The molecule has 2 nitrogen and oxygen atoms in total. The molecule has 0 unspecified atom stereocenters. The van der Waals surface area contributed by atoms with E-state index in [1.807, 2.05) is 18.2 Å². The molecule has 0 aromatic heterocycles. The summed E-state index contributed by atoms with van der Waals surface area (Å²) in [6, 6.07) is 8.07. The van der Waals surface area contributed by atoms with Gasteiger partial charge in [-0.25, -0.2) is 0 Å². The fraction of sp³-hybridized carbons (Fsp3) is 0.720. The molecule has 0 radical (unpaired) electrons. The molecule has 0 fully saturated rings. The largest absolute Gasteiger partial charge is 0.432 e. The highest BCUT2D eigenvalue weighted by Crippen LogP contribution is 2.21. The number of hydrogen-bond donors (Lipinski definition) is 1. The van der Waals surface area contributed by atoms with Crippen LogP contribution in [0.15, 0.2) is 24.3 Å². The molecule has 1 aromatic carbocycles. The van der Waals surface area contributed by atoms with E-state index in [2.05, 4.69) is 13.0 Å². The molecule has 0 amide bonds. The zero-order valence-electron chi connectivity index (χ0n) is 18.2. The minimum Gasteiger partial charge on any atom is -0.432 e. The van der Waals surface area contributed by atoms with Crippen molar-refractivity contribution in [1.82, 2.24) is 0 Å². The number of para-hydroxylation sites is 1. The minimum atomic E-state index is 0.0967. The van der Waals surface area contributed by atoms with E-state index >= 15 is 0 Å². The number of unbranched alkanes of at least 4 members (excludes halogenated alkanes) is 15. The number of nitrogens with two attached hydrogens (primary N) is 1. The topological polar surface area (TPSA) is 35.2 Å². The first kappa shape index (κ1) is 24.9. The lowest BCUT2D eigenvalue weighted by Crippen LogP contribution is -2.16. The Balaban J connectivity index is 1.88. The van der Waals surface area contributed by atoms with Crippen LogP contribution in [0.1, 0.15) is 115 Å². The normalized spacial score (nSPS) is 10.9. The van der Waals surface area contributed by atoms with Gasteiger partial charge < -0.3 is 10.5 Å². The maximum absolute atomic E-state index is 5.49. The molecule has 0 saturated carbocycles. The molecule has 0 aliphatic rings. The van der Waals surface area contributed by atoms with Gasteiger partial charge in [-0.1, -0.05) is 121 Å². The number of thiocarbonyl (C=S) groups is 1. The second-order valence-electron chi connectivity index (χ2n) is 8.08. The standard InChI is InChI=1S/C25H43NOS/c1-2-3-4-5-6-7-8-9-10-11-12-13-14-15-16-17-20-23-21-18-19-22-24(23)27-25(26)28/h18-19,21-22H,2-17,20H2,1H3,(H2,26,28). The fourth-order valence-electron chi connectivity index (χ4n) is 3.78. The maximum atomic E-state index is 5.49. The first-order valence-electron chi connectivity index (χ1n) is 11.8. The van der Waals surface area contributed by atoms with Crippen molar-refractivity contribution in [2.75, 3.05) is 0 Å². The highest BCUT2D eigenvalue weighted by atomic mass is 32.1. The third kappa shape index (κ3) is 14.0. The van der Waals surface area contributed by atoms with Gasteiger partial charge in [-0.15, -0.1) is 0 Å². The molecule has 2 N–H and O–H groups in total. The van der Waals surface area contributed by atoms with Crippen molar-refractivity contribution in [2.24, 2.45) is 5.73 Å². The summed E-state index contributed by atoms with van der Waals surface area (Å²) in [4.78, 5) is 0. The third-order valence-electron chi connectivity index (χ3n) is 5.48. The second-order valence-corrected chi connectivity index (χ2v) is 8.48. The van der Waals surface area contributed by atoms with Gasteiger partial charge in [0.2, 0.25) is 0 Å². The lowest BCUT2D eigenvalue weighted by molar-refractivity contribution is 0.526. The van der Waals surface area contributed by atoms with E-state index < -0.39 is 0 Å². The van der Waals surface area contributed by atoms with E-state index in [9.17, 15) is 0 Å². The molecule has 1 rings (SSSR count). The van der Waals surface area contributed by atoms with E-state index in [0.717, 1.165) is 12.2 Å². The average molecular weight is 406 g/mol. The van der Waals surface area contributed by atoms with Crippen LogP contribution in [0.25, 0.3) is 0 Å². The first-order chi connectivity index (χ1) is 13.7. The van der Waals surface area contributed by atoms with Crippen LogP contribution in [0.5, 0.6) is 5.75 Å². The van der Waals surface area contributed by atoms with Crippen LogP contribution in [0.4, 0.5) is 0 Å². The van der Waals surface area contributed by atoms with Gasteiger partial charge in [0, 0.05) is 0 Å². The number of rotatable bonds is 18. The van der Waals surface area contributed by atoms with E-state index in [0.29, 0.717) is 0 Å². The Labute approximate surface area is 179 Å². The van der Waals surface area contributed by atoms with Gasteiger partial charge in [-0.2, -0.15) is 0 Å². The van der Waals surface area contributed by atoms with Crippen LogP contribution in [-0.2, 0) is 6.42 Å². The summed E-state index contributed by atoms with van der Waals surface area (Å²) in [6.45, 7) is 2.29. The molecule has 0 atom stereocenters.